The molecule has 2 amide bonds. The fourth-order valence-corrected chi connectivity index (χ4v) is 4.32. The summed E-state index contributed by atoms with van der Waals surface area (Å²) in [7, 11) is -0.763. The van der Waals surface area contributed by atoms with Gasteiger partial charge in [0.2, 0.25) is 0 Å². The van der Waals surface area contributed by atoms with E-state index in [9.17, 15) is 9.00 Å². The van der Waals surface area contributed by atoms with Gasteiger partial charge in [0.05, 0.1) is 0 Å². The lowest BCUT2D eigenvalue weighted by Gasteiger charge is -2.29. The lowest BCUT2D eigenvalue weighted by atomic mass is 9.95. The highest BCUT2D eigenvalue weighted by Crippen LogP contribution is 2.23. The van der Waals surface area contributed by atoms with E-state index in [1.54, 1.807) is 0 Å². The molecule has 0 unspecified atom stereocenters. The molecule has 0 radical (unpaired) electrons. The van der Waals surface area contributed by atoms with Gasteiger partial charge in [0.15, 0.2) is 0 Å². The van der Waals surface area contributed by atoms with Crippen LogP contribution in [0, 0.1) is 0 Å². The van der Waals surface area contributed by atoms with Gasteiger partial charge in [0, 0.05) is 33.5 Å². The SMILES string of the molecule is CCc1cccc(NC(=O)N[C@@H]2CCC[C@@H]([S@@](=O)CC)C2)c1. The van der Waals surface area contributed by atoms with Crippen molar-refractivity contribution in [1.29, 1.82) is 0 Å². The number of anilines is 1. The van der Waals surface area contributed by atoms with Gasteiger partial charge < -0.3 is 10.6 Å². The molecule has 1 aliphatic rings. The van der Waals surface area contributed by atoms with Crippen LogP contribution in [0.4, 0.5) is 10.5 Å². The van der Waals surface area contributed by atoms with Crippen LogP contribution in [0.15, 0.2) is 24.3 Å². The molecule has 2 rings (SSSR count). The number of benzene rings is 1. The summed E-state index contributed by atoms with van der Waals surface area (Å²) in [6.45, 7) is 4.05. The van der Waals surface area contributed by atoms with Crippen molar-refractivity contribution in [1.82, 2.24) is 5.32 Å². The molecule has 0 saturated heterocycles. The van der Waals surface area contributed by atoms with Crippen molar-refractivity contribution in [2.75, 3.05) is 11.1 Å². The summed E-state index contributed by atoms with van der Waals surface area (Å²) in [5.41, 5.74) is 2.02. The Labute approximate surface area is 135 Å². The average molecular weight is 322 g/mol. The van der Waals surface area contributed by atoms with Crippen LogP contribution in [-0.4, -0.2) is 27.3 Å². The summed E-state index contributed by atoms with van der Waals surface area (Å²) >= 11 is 0. The Morgan fingerprint density at radius 2 is 2.14 bits per heavy atom. The maximum absolute atomic E-state index is 12.1. The monoisotopic (exact) mass is 322 g/mol. The maximum Gasteiger partial charge on any atom is 0.319 e. The van der Waals surface area contributed by atoms with E-state index < -0.39 is 10.8 Å². The predicted molar refractivity (Wildman–Crippen MR) is 92.7 cm³/mol. The molecule has 1 aliphatic carbocycles. The van der Waals surface area contributed by atoms with E-state index in [0.29, 0.717) is 5.75 Å². The molecule has 5 heteroatoms. The van der Waals surface area contributed by atoms with Crippen molar-refractivity contribution in [3.05, 3.63) is 29.8 Å². The first-order valence-corrected chi connectivity index (χ1v) is 9.54. The minimum Gasteiger partial charge on any atom is -0.335 e. The van der Waals surface area contributed by atoms with E-state index >= 15 is 0 Å². The standard InChI is InChI=1S/C17H26N2O2S/c1-3-13-7-5-8-14(11-13)18-17(20)19-15-9-6-10-16(12-15)22(21)4-2/h5,7-8,11,15-16H,3-4,6,9-10,12H2,1-2H3,(H2,18,19,20)/t15-,16-,22+/m1/s1. The largest absolute Gasteiger partial charge is 0.335 e. The highest BCUT2D eigenvalue weighted by Gasteiger charge is 2.26. The van der Waals surface area contributed by atoms with Crippen LogP contribution in [0.2, 0.25) is 0 Å². The molecule has 0 aromatic heterocycles. The molecule has 22 heavy (non-hydrogen) atoms. The van der Waals surface area contributed by atoms with Crippen LogP contribution < -0.4 is 10.6 Å². The minimum absolute atomic E-state index is 0.128. The van der Waals surface area contributed by atoms with E-state index in [1.807, 2.05) is 25.1 Å². The summed E-state index contributed by atoms with van der Waals surface area (Å²) in [4.78, 5) is 12.1. The third kappa shape index (κ3) is 4.83. The van der Waals surface area contributed by atoms with E-state index in [-0.39, 0.29) is 17.3 Å². The van der Waals surface area contributed by atoms with Gasteiger partial charge in [0.1, 0.15) is 0 Å². The fourth-order valence-electron chi connectivity index (χ4n) is 2.97. The molecule has 0 heterocycles. The normalized spacial score (nSPS) is 22.8. The number of carbonyl (C=O) groups excluding carboxylic acids is 1. The van der Waals surface area contributed by atoms with Gasteiger partial charge in [-0.15, -0.1) is 0 Å². The highest BCUT2D eigenvalue weighted by atomic mass is 32.2. The summed E-state index contributed by atoms with van der Waals surface area (Å²) < 4.78 is 11.9. The predicted octanol–water partition coefficient (Wildman–Crippen LogP) is 3.45. The van der Waals surface area contributed by atoms with Crippen LogP contribution in [0.5, 0.6) is 0 Å². The fraction of sp³-hybridized carbons (Fsp3) is 0.588. The van der Waals surface area contributed by atoms with Crippen molar-refractivity contribution in [2.24, 2.45) is 0 Å². The molecule has 3 atom stereocenters. The molecule has 0 spiro atoms. The number of rotatable bonds is 5. The number of urea groups is 1. The second-order valence-corrected chi connectivity index (χ2v) is 7.81. The molecule has 0 aliphatic heterocycles. The third-order valence-corrected chi connectivity index (χ3v) is 5.95. The van der Waals surface area contributed by atoms with Crippen LogP contribution in [0.3, 0.4) is 0 Å². The van der Waals surface area contributed by atoms with Crippen LogP contribution in [0.25, 0.3) is 0 Å². The second-order valence-electron chi connectivity index (χ2n) is 5.81. The van der Waals surface area contributed by atoms with Gasteiger partial charge in [-0.2, -0.15) is 0 Å². The van der Waals surface area contributed by atoms with E-state index in [0.717, 1.165) is 37.8 Å². The topological polar surface area (TPSA) is 58.2 Å². The molecule has 1 aromatic carbocycles. The smallest absolute Gasteiger partial charge is 0.319 e. The molecule has 0 bridgehead atoms. The Morgan fingerprint density at radius 3 is 2.86 bits per heavy atom. The number of amides is 2. The Balaban J connectivity index is 1.87. The minimum atomic E-state index is -0.763. The van der Waals surface area contributed by atoms with E-state index in [2.05, 4.69) is 23.6 Å². The van der Waals surface area contributed by atoms with Gasteiger partial charge in [-0.3, -0.25) is 4.21 Å². The Bertz CT molecular complexity index is 533. The zero-order valence-corrected chi connectivity index (χ0v) is 14.2. The third-order valence-electron chi connectivity index (χ3n) is 4.21. The summed E-state index contributed by atoms with van der Waals surface area (Å²) in [5.74, 6) is 0.702. The van der Waals surface area contributed by atoms with Crippen LogP contribution >= 0.6 is 0 Å². The summed E-state index contributed by atoms with van der Waals surface area (Å²) in [5, 5.41) is 6.15. The summed E-state index contributed by atoms with van der Waals surface area (Å²) in [6, 6.07) is 7.86. The van der Waals surface area contributed by atoms with Gasteiger partial charge in [0.25, 0.3) is 0 Å². The molecular weight excluding hydrogens is 296 g/mol. The maximum atomic E-state index is 12.1. The number of hydrogen-bond donors (Lipinski definition) is 2. The lowest BCUT2D eigenvalue weighted by Crippen LogP contribution is -2.42. The Hall–Kier alpha value is -1.36. The molecule has 122 valence electrons. The average Bonchev–Trinajstić information content (AvgIpc) is 2.54. The van der Waals surface area contributed by atoms with Gasteiger partial charge >= 0.3 is 6.03 Å². The number of carbonyl (C=O) groups is 1. The van der Waals surface area contributed by atoms with Crippen molar-refractivity contribution in [3.63, 3.8) is 0 Å². The zero-order chi connectivity index (χ0) is 15.9. The number of nitrogens with one attached hydrogen (secondary N) is 2. The second kappa shape index (κ2) is 8.32. The number of aryl methyl sites for hydroxylation is 1. The van der Waals surface area contributed by atoms with Crippen molar-refractivity contribution in [3.8, 4) is 0 Å². The molecule has 2 N–H and O–H groups in total. The van der Waals surface area contributed by atoms with Gasteiger partial charge in [-0.1, -0.05) is 32.4 Å². The number of hydrogen-bond acceptors (Lipinski definition) is 2. The molecule has 4 nitrogen and oxygen atoms in total. The molecular formula is C17H26N2O2S. The van der Waals surface area contributed by atoms with E-state index in [4.69, 9.17) is 0 Å². The van der Waals surface area contributed by atoms with Gasteiger partial charge in [-0.25, -0.2) is 4.79 Å². The Kier molecular flexibility index (Phi) is 6.43. The van der Waals surface area contributed by atoms with E-state index in [1.165, 1.54) is 5.56 Å². The van der Waals surface area contributed by atoms with Crippen LogP contribution in [0.1, 0.15) is 45.1 Å². The molecule has 1 saturated carbocycles. The molecule has 1 aromatic rings. The first-order valence-electron chi connectivity index (χ1n) is 8.16. The quantitative estimate of drug-likeness (QED) is 0.872. The van der Waals surface area contributed by atoms with Crippen LogP contribution in [-0.2, 0) is 17.2 Å². The first kappa shape index (κ1) is 17.0. The lowest BCUT2D eigenvalue weighted by molar-refractivity contribution is 0.244. The molecule has 1 fully saturated rings. The first-order chi connectivity index (χ1) is 10.6. The Morgan fingerprint density at radius 1 is 1.32 bits per heavy atom. The highest BCUT2D eigenvalue weighted by molar-refractivity contribution is 7.85. The summed E-state index contributed by atoms with van der Waals surface area (Å²) in [6.07, 6.45) is 4.79. The van der Waals surface area contributed by atoms with Crippen molar-refractivity contribution >= 4 is 22.5 Å². The zero-order valence-electron chi connectivity index (χ0n) is 13.4. The van der Waals surface area contributed by atoms with Crippen molar-refractivity contribution < 1.29 is 9.00 Å². The van der Waals surface area contributed by atoms with Gasteiger partial charge in [-0.05, 0) is 43.4 Å². The van der Waals surface area contributed by atoms with Crippen molar-refractivity contribution in [2.45, 2.75) is 57.2 Å².